The lowest BCUT2D eigenvalue weighted by Gasteiger charge is -2.18. The summed E-state index contributed by atoms with van der Waals surface area (Å²) in [6, 6.07) is -1.57. The first-order chi connectivity index (χ1) is 31.1. The predicted molar refractivity (Wildman–Crippen MR) is 263 cm³/mol. The van der Waals surface area contributed by atoms with Crippen molar-refractivity contribution >= 4 is 25.7 Å². The van der Waals surface area contributed by atoms with Gasteiger partial charge in [0.1, 0.15) is 12.7 Å². The number of phosphoric acid groups is 1. The molecule has 3 atom stereocenters. The first kappa shape index (κ1) is 59.9. The molecular weight excluding hydrogens is 830 g/mol. The van der Waals surface area contributed by atoms with Crippen molar-refractivity contribution in [2.24, 2.45) is 0 Å². The van der Waals surface area contributed by atoms with Gasteiger partial charge in [-0.25, -0.2) is 9.36 Å². The Morgan fingerprint density at radius 3 is 1.31 bits per heavy atom. The molecule has 0 aliphatic heterocycles. The molecule has 0 aromatic carbocycles. The molecule has 0 aromatic rings. The molecule has 0 aliphatic rings. The zero-order chi connectivity index (χ0) is 47.0. The Morgan fingerprint density at radius 1 is 0.500 bits per heavy atom. The summed E-state index contributed by atoms with van der Waals surface area (Å²) in [5.74, 6) is -2.47. The fourth-order valence-corrected chi connectivity index (χ4v) is 6.44. The van der Waals surface area contributed by atoms with Crippen molar-refractivity contribution < 1.29 is 47.8 Å². The average Bonchev–Trinajstić information content (AvgIpc) is 3.27. The molecule has 0 bridgehead atoms. The molecule has 4 N–H and O–H groups in total. The number of esters is 1. The van der Waals surface area contributed by atoms with Crippen LogP contribution in [-0.2, 0) is 32.7 Å². The Bertz CT molecular complexity index is 1540. The highest BCUT2D eigenvalue weighted by molar-refractivity contribution is 7.47. The standard InChI is InChI=1S/C52H82NO10P/c1-3-5-7-9-11-13-15-17-19-21-22-23-24-25-26-28-30-32-34-36-38-40-42-44-51(56)61-45-48(54)46-62-64(59,60)63-47-49(52(57)58)53-50(55)43-41-39-37-35-33-31-29-27-20-18-16-14-12-10-8-6-4-2/h5-8,11-14,17-20,22-23,25-26,30,32,36,38,48-49,54H,3-4,9-10,15-16,21,24,27-29,31,33-35,37,39-47H2,1-2H3,(H,53,55)(H,57,58)(H,59,60)/b7-5-,8-6-,13-11-,14-12-,19-17-,20-18-,23-22-,26-25-,32-30-,38-36-. The number of amides is 1. The fourth-order valence-electron chi connectivity index (χ4n) is 5.67. The highest BCUT2D eigenvalue weighted by Crippen LogP contribution is 2.43. The van der Waals surface area contributed by atoms with Gasteiger partial charge in [0.15, 0.2) is 6.04 Å². The third-order valence-electron chi connectivity index (χ3n) is 9.25. The molecule has 3 unspecified atom stereocenters. The molecule has 0 saturated carbocycles. The van der Waals surface area contributed by atoms with Crippen LogP contribution in [0.3, 0.4) is 0 Å². The van der Waals surface area contributed by atoms with Crippen LogP contribution in [0.25, 0.3) is 0 Å². The highest BCUT2D eigenvalue weighted by atomic mass is 31.2. The number of allylic oxidation sites excluding steroid dienone is 20. The molecule has 64 heavy (non-hydrogen) atoms. The molecule has 12 heteroatoms. The number of unbranched alkanes of at least 4 members (excludes halogenated alkanes) is 8. The molecule has 0 radical (unpaired) electrons. The molecule has 0 saturated heterocycles. The van der Waals surface area contributed by atoms with Crippen LogP contribution in [0.5, 0.6) is 0 Å². The smallest absolute Gasteiger partial charge is 0.472 e. The minimum Gasteiger partial charge on any atom is -0.480 e. The van der Waals surface area contributed by atoms with Crippen molar-refractivity contribution in [3.63, 3.8) is 0 Å². The normalized spacial score (nSPS) is 14.7. The Labute approximate surface area is 386 Å². The topological polar surface area (TPSA) is 169 Å². The van der Waals surface area contributed by atoms with Crippen molar-refractivity contribution in [1.29, 1.82) is 0 Å². The average molecular weight is 912 g/mol. The number of aliphatic hydroxyl groups is 1. The minimum atomic E-state index is -4.79. The number of aliphatic hydroxyl groups excluding tert-OH is 1. The van der Waals surface area contributed by atoms with Crippen LogP contribution in [0, 0.1) is 0 Å². The molecule has 1 amide bonds. The molecule has 11 nitrogen and oxygen atoms in total. The van der Waals surface area contributed by atoms with E-state index in [4.69, 9.17) is 13.8 Å². The van der Waals surface area contributed by atoms with Gasteiger partial charge in [0.05, 0.1) is 13.2 Å². The second-order valence-corrected chi connectivity index (χ2v) is 16.6. The predicted octanol–water partition coefficient (Wildman–Crippen LogP) is 12.8. The summed E-state index contributed by atoms with van der Waals surface area (Å²) in [6.07, 6.45) is 60.8. The lowest BCUT2D eigenvalue weighted by atomic mass is 10.1. The second kappa shape index (κ2) is 45.4. The molecule has 360 valence electrons. The van der Waals surface area contributed by atoms with E-state index in [0.29, 0.717) is 19.3 Å². The van der Waals surface area contributed by atoms with Crippen LogP contribution in [0.15, 0.2) is 122 Å². The number of hydrogen-bond acceptors (Lipinski definition) is 8. The van der Waals surface area contributed by atoms with Gasteiger partial charge in [-0.1, -0.05) is 167 Å². The van der Waals surface area contributed by atoms with Crippen LogP contribution in [-0.4, -0.2) is 64.9 Å². The number of carbonyl (C=O) groups excluding carboxylic acids is 2. The fraction of sp³-hybridized carbons (Fsp3) is 0.558. The van der Waals surface area contributed by atoms with E-state index in [9.17, 15) is 34.1 Å². The summed E-state index contributed by atoms with van der Waals surface area (Å²) >= 11 is 0. The molecule has 0 fully saturated rings. The van der Waals surface area contributed by atoms with Crippen molar-refractivity contribution in [1.82, 2.24) is 5.32 Å². The van der Waals surface area contributed by atoms with Crippen molar-refractivity contribution in [2.45, 2.75) is 167 Å². The first-order valence-corrected chi connectivity index (χ1v) is 25.1. The number of carboxylic acids is 1. The maximum absolute atomic E-state index is 12.3. The maximum Gasteiger partial charge on any atom is 0.472 e. The van der Waals surface area contributed by atoms with Crippen LogP contribution in [0.2, 0.25) is 0 Å². The van der Waals surface area contributed by atoms with E-state index in [2.05, 4.69) is 129 Å². The number of hydrogen-bond donors (Lipinski definition) is 4. The zero-order valence-electron chi connectivity index (χ0n) is 39.0. The number of nitrogens with one attached hydrogen (secondary N) is 1. The van der Waals surface area contributed by atoms with Gasteiger partial charge >= 0.3 is 19.8 Å². The van der Waals surface area contributed by atoms with Crippen LogP contribution < -0.4 is 5.32 Å². The summed E-state index contributed by atoms with van der Waals surface area (Å²) in [5, 5.41) is 21.9. The molecule has 0 heterocycles. The van der Waals surface area contributed by atoms with Gasteiger partial charge in [-0.2, -0.15) is 0 Å². The van der Waals surface area contributed by atoms with E-state index in [-0.39, 0.29) is 12.8 Å². The molecular formula is C52H82NO10P. The first-order valence-electron chi connectivity index (χ1n) is 23.6. The number of rotatable bonds is 42. The second-order valence-electron chi connectivity index (χ2n) is 15.2. The number of ether oxygens (including phenoxy) is 1. The van der Waals surface area contributed by atoms with Crippen LogP contribution in [0.1, 0.15) is 155 Å². The van der Waals surface area contributed by atoms with Gasteiger partial charge in [0, 0.05) is 12.8 Å². The third-order valence-corrected chi connectivity index (χ3v) is 10.2. The van der Waals surface area contributed by atoms with Gasteiger partial charge in [-0.15, -0.1) is 0 Å². The van der Waals surface area contributed by atoms with E-state index < -0.39 is 57.6 Å². The zero-order valence-corrected chi connectivity index (χ0v) is 39.9. The molecule has 0 rings (SSSR count). The lowest BCUT2D eigenvalue weighted by molar-refractivity contribution is -0.147. The Hall–Kier alpha value is -4.12. The molecule has 0 aliphatic carbocycles. The molecule has 0 aromatic heterocycles. The van der Waals surface area contributed by atoms with E-state index in [0.717, 1.165) is 109 Å². The van der Waals surface area contributed by atoms with Crippen LogP contribution in [0.4, 0.5) is 0 Å². The van der Waals surface area contributed by atoms with E-state index in [1.54, 1.807) is 0 Å². The summed E-state index contributed by atoms with van der Waals surface area (Å²) < 4.78 is 26.8. The number of phosphoric ester groups is 1. The van der Waals surface area contributed by atoms with Crippen molar-refractivity contribution in [3.05, 3.63) is 122 Å². The third kappa shape index (κ3) is 44.5. The van der Waals surface area contributed by atoms with Gasteiger partial charge in [-0.3, -0.25) is 18.6 Å². The van der Waals surface area contributed by atoms with Gasteiger partial charge in [0.2, 0.25) is 5.91 Å². The van der Waals surface area contributed by atoms with E-state index in [1.807, 2.05) is 12.2 Å². The summed E-state index contributed by atoms with van der Waals surface area (Å²) in [5.41, 5.74) is 0. The van der Waals surface area contributed by atoms with E-state index >= 15 is 0 Å². The van der Waals surface area contributed by atoms with Crippen LogP contribution >= 0.6 is 7.82 Å². The van der Waals surface area contributed by atoms with Gasteiger partial charge in [0.25, 0.3) is 0 Å². The Morgan fingerprint density at radius 2 is 0.875 bits per heavy atom. The minimum absolute atomic E-state index is 0.123. The van der Waals surface area contributed by atoms with Crippen molar-refractivity contribution in [2.75, 3.05) is 19.8 Å². The largest absolute Gasteiger partial charge is 0.480 e. The number of carbonyl (C=O) groups is 3. The Balaban J connectivity index is 4.00. The lowest BCUT2D eigenvalue weighted by Crippen LogP contribution is -2.43. The quantitative estimate of drug-likeness (QED) is 0.0200. The highest BCUT2D eigenvalue weighted by Gasteiger charge is 2.28. The monoisotopic (exact) mass is 912 g/mol. The molecule has 0 spiro atoms. The number of aliphatic carboxylic acids is 1. The SMILES string of the molecule is CC/C=C\C/C=C\C/C=C\C/C=C\C/C=C\C/C=C\C/C=C\CCCC(=O)OCC(O)COP(=O)(O)OCC(NC(=O)CCCCCCCCC/C=C\C/C=C\C/C=C\CC)C(=O)O. The van der Waals surface area contributed by atoms with Gasteiger partial charge in [-0.05, 0) is 96.3 Å². The van der Waals surface area contributed by atoms with Crippen molar-refractivity contribution in [3.8, 4) is 0 Å². The number of carboxylic acid groups (broad SMARTS) is 1. The maximum atomic E-state index is 12.3. The summed E-state index contributed by atoms with van der Waals surface area (Å²) in [4.78, 5) is 46.0. The Kier molecular flexibility index (Phi) is 42.5. The summed E-state index contributed by atoms with van der Waals surface area (Å²) in [7, 11) is -4.79. The summed E-state index contributed by atoms with van der Waals surface area (Å²) in [6.45, 7) is 2.29. The van der Waals surface area contributed by atoms with Gasteiger partial charge < -0.3 is 25.2 Å². The van der Waals surface area contributed by atoms with E-state index in [1.165, 1.54) is 0 Å².